The van der Waals surface area contributed by atoms with Crippen LogP contribution in [0.1, 0.15) is 18.4 Å². The lowest BCUT2D eigenvalue weighted by atomic mass is 10.00. The van der Waals surface area contributed by atoms with Gasteiger partial charge in [0.2, 0.25) is 5.91 Å². The molecule has 1 fully saturated rings. The Labute approximate surface area is 152 Å². The minimum absolute atomic E-state index is 0.0274. The fourth-order valence-corrected chi connectivity index (χ4v) is 4.19. The molecule has 0 aliphatic carbocycles. The molecule has 2 atom stereocenters. The van der Waals surface area contributed by atoms with Crippen molar-refractivity contribution in [1.29, 1.82) is 0 Å². The number of amides is 1. The first kappa shape index (κ1) is 18.0. The van der Waals surface area contributed by atoms with Crippen molar-refractivity contribution in [3.63, 3.8) is 0 Å². The van der Waals surface area contributed by atoms with Crippen molar-refractivity contribution in [2.24, 2.45) is 5.92 Å². The monoisotopic (exact) mass is 357 g/mol. The van der Waals surface area contributed by atoms with E-state index < -0.39 is 0 Å². The minimum atomic E-state index is -0.301. The summed E-state index contributed by atoms with van der Waals surface area (Å²) in [5.74, 6) is 0.495. The summed E-state index contributed by atoms with van der Waals surface area (Å²) in [6, 6.07) is 19.0. The average molecular weight is 357 g/mol. The van der Waals surface area contributed by atoms with E-state index in [0.29, 0.717) is 19.4 Å². The van der Waals surface area contributed by atoms with Gasteiger partial charge in [-0.3, -0.25) is 10.0 Å². The molecule has 1 heterocycles. The van der Waals surface area contributed by atoms with Crippen LogP contribution in [0.25, 0.3) is 11.1 Å². The second-order valence-corrected chi connectivity index (χ2v) is 7.45. The van der Waals surface area contributed by atoms with Crippen molar-refractivity contribution in [3.8, 4) is 11.1 Å². The minimum Gasteiger partial charge on any atom is -0.368 e. The molecule has 1 aliphatic heterocycles. The van der Waals surface area contributed by atoms with Crippen LogP contribution in [0.15, 0.2) is 54.6 Å². The molecule has 0 radical (unpaired) electrons. The smallest absolute Gasteiger partial charge is 0.246 e. The Morgan fingerprint density at radius 1 is 1.12 bits per heavy atom. The van der Waals surface area contributed by atoms with E-state index in [1.54, 1.807) is 17.2 Å². The van der Waals surface area contributed by atoms with Crippen LogP contribution in [-0.4, -0.2) is 28.9 Å². The third-order valence-electron chi connectivity index (χ3n) is 4.48. The van der Waals surface area contributed by atoms with E-state index in [2.05, 4.69) is 36.4 Å². The summed E-state index contributed by atoms with van der Waals surface area (Å²) in [6.45, 7) is 0.571. The fraction of sp³-hybridized carbons (Fsp3) is 0.350. The first-order valence-electron chi connectivity index (χ1n) is 8.58. The van der Waals surface area contributed by atoms with E-state index in [0.717, 1.165) is 12.2 Å². The van der Waals surface area contributed by atoms with E-state index in [1.807, 2.05) is 18.2 Å². The molecule has 0 aromatic heterocycles. The predicted molar refractivity (Wildman–Crippen MR) is 100 cm³/mol. The van der Waals surface area contributed by atoms with Gasteiger partial charge in [-0.15, -0.1) is 11.8 Å². The Kier molecular flexibility index (Phi) is 6.50. The van der Waals surface area contributed by atoms with Crippen LogP contribution in [-0.2, 0) is 16.0 Å². The summed E-state index contributed by atoms with van der Waals surface area (Å²) in [4.78, 5) is 11.5. The van der Waals surface area contributed by atoms with Crippen LogP contribution in [0.4, 0.5) is 0 Å². The van der Waals surface area contributed by atoms with Gasteiger partial charge in [0, 0.05) is 12.5 Å². The number of carbonyl (C=O) groups excluding carboxylic acids is 1. The molecule has 2 unspecified atom stereocenters. The maximum absolute atomic E-state index is 11.5. The number of hydroxylamine groups is 1. The van der Waals surface area contributed by atoms with Crippen molar-refractivity contribution >= 4 is 17.7 Å². The molecule has 0 spiro atoms. The third-order valence-corrected chi connectivity index (χ3v) is 5.62. The summed E-state index contributed by atoms with van der Waals surface area (Å²) in [6.07, 6.45) is 2.30. The van der Waals surface area contributed by atoms with Gasteiger partial charge in [0.1, 0.15) is 5.44 Å². The second kappa shape index (κ2) is 9.04. The number of aryl methyl sites for hydroxylation is 1. The van der Waals surface area contributed by atoms with Crippen LogP contribution in [0, 0.1) is 5.92 Å². The van der Waals surface area contributed by atoms with Crippen LogP contribution >= 0.6 is 11.8 Å². The van der Waals surface area contributed by atoms with Gasteiger partial charge in [-0.05, 0) is 41.7 Å². The largest absolute Gasteiger partial charge is 0.368 e. The Bertz CT molecular complexity index is 675. The van der Waals surface area contributed by atoms with Crippen LogP contribution in [0.2, 0.25) is 0 Å². The Balaban J connectivity index is 1.47. The van der Waals surface area contributed by atoms with Gasteiger partial charge in [0.25, 0.3) is 0 Å². The number of thioether (sulfide) groups is 1. The SMILES string of the molecule is O=C(NO)C1CCOC(SCCc2ccc(-c3ccccc3)cc2)C1. The number of benzene rings is 2. The molecule has 0 saturated carbocycles. The van der Waals surface area contributed by atoms with Gasteiger partial charge in [0.15, 0.2) is 0 Å². The molecular formula is C20H23NO3S. The van der Waals surface area contributed by atoms with E-state index in [9.17, 15) is 4.79 Å². The topological polar surface area (TPSA) is 58.6 Å². The standard InChI is InChI=1S/C20H23NO3S/c22-20(21-23)18-10-12-24-19(14-18)25-13-11-15-6-8-17(9-7-15)16-4-2-1-3-5-16/h1-9,18-19,23H,10-14H2,(H,21,22). The number of rotatable bonds is 6. The molecule has 1 aliphatic rings. The number of hydrogen-bond acceptors (Lipinski definition) is 4. The molecule has 2 aromatic carbocycles. The number of ether oxygens (including phenoxy) is 1. The summed E-state index contributed by atoms with van der Waals surface area (Å²) in [5.41, 5.74) is 5.53. The Morgan fingerprint density at radius 2 is 1.84 bits per heavy atom. The second-order valence-electron chi connectivity index (χ2n) is 6.18. The van der Waals surface area contributed by atoms with Crippen LogP contribution < -0.4 is 5.48 Å². The molecule has 1 saturated heterocycles. The maximum atomic E-state index is 11.5. The van der Waals surface area contributed by atoms with E-state index in [4.69, 9.17) is 9.94 Å². The molecular weight excluding hydrogens is 334 g/mol. The highest BCUT2D eigenvalue weighted by Gasteiger charge is 2.27. The van der Waals surface area contributed by atoms with Crippen molar-refractivity contribution in [2.75, 3.05) is 12.4 Å². The first-order valence-corrected chi connectivity index (χ1v) is 9.62. The molecule has 1 amide bonds. The lowest BCUT2D eigenvalue weighted by Gasteiger charge is -2.27. The summed E-state index contributed by atoms with van der Waals surface area (Å²) in [7, 11) is 0. The molecule has 2 N–H and O–H groups in total. The highest BCUT2D eigenvalue weighted by atomic mass is 32.2. The predicted octanol–water partition coefficient (Wildman–Crippen LogP) is 3.89. The van der Waals surface area contributed by atoms with Crippen molar-refractivity contribution in [1.82, 2.24) is 5.48 Å². The van der Waals surface area contributed by atoms with Crippen LogP contribution in [0.5, 0.6) is 0 Å². The molecule has 5 heteroatoms. The number of hydrogen-bond donors (Lipinski definition) is 2. The molecule has 0 bridgehead atoms. The fourth-order valence-electron chi connectivity index (χ4n) is 3.01. The van der Waals surface area contributed by atoms with Crippen LogP contribution in [0.3, 0.4) is 0 Å². The Morgan fingerprint density at radius 3 is 2.56 bits per heavy atom. The zero-order valence-electron chi connectivity index (χ0n) is 14.1. The zero-order chi connectivity index (χ0) is 17.5. The maximum Gasteiger partial charge on any atom is 0.246 e. The zero-order valence-corrected chi connectivity index (χ0v) is 14.9. The van der Waals surface area contributed by atoms with Crippen molar-refractivity contribution in [3.05, 3.63) is 60.2 Å². The van der Waals surface area contributed by atoms with Gasteiger partial charge in [-0.1, -0.05) is 54.6 Å². The van der Waals surface area contributed by atoms with Crippen molar-refractivity contribution in [2.45, 2.75) is 24.7 Å². The van der Waals surface area contributed by atoms with E-state index in [-0.39, 0.29) is 17.3 Å². The summed E-state index contributed by atoms with van der Waals surface area (Å²) >= 11 is 1.74. The normalized spacial score (nSPS) is 20.2. The third kappa shape index (κ3) is 5.08. The Hall–Kier alpha value is -1.82. The number of carbonyl (C=O) groups is 1. The van der Waals surface area contributed by atoms with Gasteiger partial charge >= 0.3 is 0 Å². The molecule has 132 valence electrons. The van der Waals surface area contributed by atoms with Gasteiger partial charge in [-0.2, -0.15) is 0 Å². The van der Waals surface area contributed by atoms with Gasteiger partial charge in [-0.25, -0.2) is 5.48 Å². The van der Waals surface area contributed by atoms with Gasteiger partial charge in [0.05, 0.1) is 0 Å². The van der Waals surface area contributed by atoms with Gasteiger partial charge < -0.3 is 4.74 Å². The average Bonchev–Trinajstić information content (AvgIpc) is 2.69. The molecule has 3 rings (SSSR count). The highest BCUT2D eigenvalue weighted by Crippen LogP contribution is 2.28. The quantitative estimate of drug-likeness (QED) is 0.608. The molecule has 25 heavy (non-hydrogen) atoms. The van der Waals surface area contributed by atoms with E-state index >= 15 is 0 Å². The molecule has 4 nitrogen and oxygen atoms in total. The highest BCUT2D eigenvalue weighted by molar-refractivity contribution is 7.99. The lowest BCUT2D eigenvalue weighted by Crippen LogP contribution is -2.35. The van der Waals surface area contributed by atoms with Crippen molar-refractivity contribution < 1.29 is 14.7 Å². The first-order chi connectivity index (χ1) is 12.3. The lowest BCUT2D eigenvalue weighted by molar-refractivity contribution is -0.136. The number of nitrogens with one attached hydrogen (secondary N) is 1. The van der Waals surface area contributed by atoms with E-state index in [1.165, 1.54) is 16.7 Å². The molecule has 2 aromatic rings. The summed E-state index contributed by atoms with van der Waals surface area (Å²) in [5, 5.41) is 8.76. The summed E-state index contributed by atoms with van der Waals surface area (Å²) < 4.78 is 5.72.